The molecule has 0 N–H and O–H groups in total. The van der Waals surface area contributed by atoms with Gasteiger partial charge in [-0.05, 0) is 55.2 Å². The molecule has 0 unspecified atom stereocenters. The van der Waals surface area contributed by atoms with Gasteiger partial charge in [-0.2, -0.15) is 0 Å². The van der Waals surface area contributed by atoms with Crippen molar-refractivity contribution >= 4 is 11.6 Å². The van der Waals surface area contributed by atoms with E-state index in [1.807, 2.05) is 6.07 Å². The van der Waals surface area contributed by atoms with Gasteiger partial charge in [-0.3, -0.25) is 0 Å². The summed E-state index contributed by atoms with van der Waals surface area (Å²) in [6.45, 7) is 2.27. The van der Waals surface area contributed by atoms with E-state index in [-0.39, 0.29) is 10.8 Å². The zero-order valence-electron chi connectivity index (χ0n) is 13.3. The van der Waals surface area contributed by atoms with Crippen LogP contribution in [0.3, 0.4) is 0 Å². The van der Waals surface area contributed by atoms with Crippen LogP contribution in [0.15, 0.2) is 18.2 Å². The first-order chi connectivity index (χ1) is 10.2. The lowest BCUT2D eigenvalue weighted by Crippen LogP contribution is -2.25. The molecule has 0 radical (unpaired) electrons. The first-order valence-electron chi connectivity index (χ1n) is 8.59. The van der Waals surface area contributed by atoms with E-state index in [0.717, 1.165) is 12.0 Å². The molecule has 0 bridgehead atoms. The number of rotatable bonds is 7. The second kappa shape index (κ2) is 8.17. The van der Waals surface area contributed by atoms with Gasteiger partial charge in [0.25, 0.3) is 0 Å². The van der Waals surface area contributed by atoms with Gasteiger partial charge in [-0.15, -0.1) is 0 Å². The average molecular weight is 311 g/mol. The fourth-order valence-electron chi connectivity index (χ4n) is 3.78. The standard InChI is InChI=1S/C19H28ClF/c1-2-3-5-11-19(12-6-4-7-13-19)14-10-16-8-9-17(20)18(21)15-16/h8-9,15H,2-7,10-14H2,1H3. The third-order valence-corrected chi connectivity index (χ3v) is 5.46. The molecule has 21 heavy (non-hydrogen) atoms. The number of hydrogen-bond acceptors (Lipinski definition) is 0. The Morgan fingerprint density at radius 1 is 1.10 bits per heavy atom. The second-order valence-corrected chi connectivity index (χ2v) is 7.17. The summed E-state index contributed by atoms with van der Waals surface area (Å²) in [5, 5.41) is 0.231. The van der Waals surface area contributed by atoms with Crippen LogP contribution in [0, 0.1) is 11.2 Å². The summed E-state index contributed by atoms with van der Waals surface area (Å²) >= 11 is 5.77. The maximum atomic E-state index is 13.6. The van der Waals surface area contributed by atoms with E-state index in [9.17, 15) is 4.39 Å². The summed E-state index contributed by atoms with van der Waals surface area (Å²) in [5.74, 6) is -0.280. The predicted molar refractivity (Wildman–Crippen MR) is 89.4 cm³/mol. The Hall–Kier alpha value is -0.560. The van der Waals surface area contributed by atoms with Crippen LogP contribution < -0.4 is 0 Å². The van der Waals surface area contributed by atoms with Gasteiger partial charge in [0, 0.05) is 0 Å². The van der Waals surface area contributed by atoms with Crippen LogP contribution in [0.4, 0.5) is 4.39 Å². The molecular weight excluding hydrogens is 283 g/mol. The lowest BCUT2D eigenvalue weighted by molar-refractivity contribution is 0.152. The minimum absolute atomic E-state index is 0.231. The number of benzene rings is 1. The van der Waals surface area contributed by atoms with Gasteiger partial charge in [0.15, 0.2) is 0 Å². The zero-order chi connectivity index (χ0) is 15.1. The molecule has 1 aliphatic rings. The van der Waals surface area contributed by atoms with Crippen molar-refractivity contribution < 1.29 is 4.39 Å². The van der Waals surface area contributed by atoms with Crippen LogP contribution in [-0.2, 0) is 6.42 Å². The Bertz CT molecular complexity index is 435. The molecule has 0 saturated heterocycles. The topological polar surface area (TPSA) is 0 Å². The third kappa shape index (κ3) is 4.98. The van der Waals surface area contributed by atoms with Gasteiger partial charge in [-0.25, -0.2) is 4.39 Å². The van der Waals surface area contributed by atoms with Crippen molar-refractivity contribution in [1.82, 2.24) is 0 Å². The van der Waals surface area contributed by atoms with E-state index in [0.29, 0.717) is 5.41 Å². The summed E-state index contributed by atoms with van der Waals surface area (Å²) in [7, 11) is 0. The Morgan fingerprint density at radius 3 is 2.52 bits per heavy atom. The van der Waals surface area contributed by atoms with Crippen molar-refractivity contribution in [3.63, 3.8) is 0 Å². The minimum atomic E-state index is -0.280. The predicted octanol–water partition coefficient (Wildman–Crippen LogP) is 6.94. The number of unbranched alkanes of at least 4 members (excludes halogenated alkanes) is 2. The third-order valence-electron chi connectivity index (χ3n) is 5.15. The average Bonchev–Trinajstić information content (AvgIpc) is 2.50. The Kier molecular flexibility index (Phi) is 6.54. The zero-order valence-corrected chi connectivity index (χ0v) is 14.0. The van der Waals surface area contributed by atoms with E-state index in [1.165, 1.54) is 64.2 Å². The fourth-order valence-corrected chi connectivity index (χ4v) is 3.90. The van der Waals surface area contributed by atoms with Gasteiger partial charge >= 0.3 is 0 Å². The SMILES string of the molecule is CCCCCC1(CCc2ccc(Cl)c(F)c2)CCCCC1. The highest BCUT2D eigenvalue weighted by Crippen LogP contribution is 2.44. The fraction of sp³-hybridized carbons (Fsp3) is 0.684. The van der Waals surface area contributed by atoms with Crippen molar-refractivity contribution in [1.29, 1.82) is 0 Å². The highest BCUT2D eigenvalue weighted by molar-refractivity contribution is 6.30. The molecule has 0 aliphatic heterocycles. The van der Waals surface area contributed by atoms with Crippen molar-refractivity contribution in [2.45, 2.75) is 77.6 Å². The summed E-state index contributed by atoms with van der Waals surface area (Å²) < 4.78 is 13.6. The number of aryl methyl sites for hydroxylation is 1. The Balaban J connectivity index is 1.95. The summed E-state index contributed by atoms with van der Waals surface area (Å²) in [6.07, 6.45) is 14.4. The second-order valence-electron chi connectivity index (χ2n) is 6.77. The van der Waals surface area contributed by atoms with Crippen LogP contribution in [0.1, 0.15) is 76.7 Å². The van der Waals surface area contributed by atoms with Crippen LogP contribution >= 0.6 is 11.6 Å². The molecule has 1 aliphatic carbocycles. The summed E-state index contributed by atoms with van der Waals surface area (Å²) in [6, 6.07) is 5.29. The molecule has 1 saturated carbocycles. The molecular formula is C19H28ClF. The van der Waals surface area contributed by atoms with Gasteiger partial charge in [0.05, 0.1) is 5.02 Å². The Labute approximate surface area is 134 Å². The van der Waals surface area contributed by atoms with Crippen molar-refractivity contribution in [2.24, 2.45) is 5.41 Å². The first kappa shape index (κ1) is 16.8. The monoisotopic (exact) mass is 310 g/mol. The molecule has 0 aromatic heterocycles. The lowest BCUT2D eigenvalue weighted by atomic mass is 9.68. The molecule has 118 valence electrons. The summed E-state index contributed by atoms with van der Waals surface area (Å²) in [4.78, 5) is 0. The quantitative estimate of drug-likeness (QED) is 0.478. The van der Waals surface area contributed by atoms with Crippen LogP contribution in [-0.4, -0.2) is 0 Å². The normalized spacial score (nSPS) is 17.9. The van der Waals surface area contributed by atoms with E-state index in [1.54, 1.807) is 12.1 Å². The molecule has 1 fully saturated rings. The molecule has 0 spiro atoms. The molecule has 0 atom stereocenters. The smallest absolute Gasteiger partial charge is 0.142 e. The number of halogens is 2. The maximum absolute atomic E-state index is 13.6. The molecule has 1 aromatic rings. The van der Waals surface area contributed by atoms with Crippen LogP contribution in [0.2, 0.25) is 5.02 Å². The van der Waals surface area contributed by atoms with E-state index in [4.69, 9.17) is 11.6 Å². The highest BCUT2D eigenvalue weighted by Gasteiger charge is 2.30. The number of hydrogen-bond donors (Lipinski definition) is 0. The first-order valence-corrected chi connectivity index (χ1v) is 8.97. The van der Waals surface area contributed by atoms with Crippen molar-refractivity contribution in [3.05, 3.63) is 34.6 Å². The van der Waals surface area contributed by atoms with Gasteiger partial charge in [-0.1, -0.05) is 63.1 Å². The molecule has 0 nitrogen and oxygen atoms in total. The molecule has 2 rings (SSSR count). The van der Waals surface area contributed by atoms with E-state index >= 15 is 0 Å². The minimum Gasteiger partial charge on any atom is -0.205 e. The van der Waals surface area contributed by atoms with E-state index in [2.05, 4.69) is 6.92 Å². The molecule has 1 aromatic carbocycles. The highest BCUT2D eigenvalue weighted by atomic mass is 35.5. The lowest BCUT2D eigenvalue weighted by Gasteiger charge is -2.38. The van der Waals surface area contributed by atoms with Gasteiger partial charge in [0.2, 0.25) is 0 Å². The largest absolute Gasteiger partial charge is 0.205 e. The molecule has 0 heterocycles. The molecule has 2 heteroatoms. The van der Waals surface area contributed by atoms with Crippen molar-refractivity contribution in [2.75, 3.05) is 0 Å². The molecule has 0 amide bonds. The van der Waals surface area contributed by atoms with Gasteiger partial charge in [0.1, 0.15) is 5.82 Å². The van der Waals surface area contributed by atoms with E-state index < -0.39 is 0 Å². The van der Waals surface area contributed by atoms with Crippen LogP contribution in [0.25, 0.3) is 0 Å². The van der Waals surface area contributed by atoms with Gasteiger partial charge < -0.3 is 0 Å². The van der Waals surface area contributed by atoms with Crippen LogP contribution in [0.5, 0.6) is 0 Å². The Morgan fingerprint density at radius 2 is 1.86 bits per heavy atom. The maximum Gasteiger partial charge on any atom is 0.142 e. The summed E-state index contributed by atoms with van der Waals surface area (Å²) in [5.41, 5.74) is 1.61. The van der Waals surface area contributed by atoms with Crippen molar-refractivity contribution in [3.8, 4) is 0 Å².